The molecule has 1 atom stereocenters. The van der Waals surface area contributed by atoms with Gasteiger partial charge in [-0.3, -0.25) is 0 Å². The number of aliphatic hydroxyl groups is 1. The monoisotopic (exact) mass is 338 g/mol. The predicted octanol–water partition coefficient (Wildman–Crippen LogP) is 5.56. The van der Waals surface area contributed by atoms with Gasteiger partial charge in [0.15, 0.2) is 0 Å². The van der Waals surface area contributed by atoms with Crippen LogP contribution in [-0.4, -0.2) is 11.7 Å². The fraction of sp³-hybridized carbons (Fsp3) is 0.200. The predicted molar refractivity (Wildman–Crippen MR) is 107 cm³/mol. The van der Waals surface area contributed by atoms with Crippen molar-refractivity contribution in [3.63, 3.8) is 0 Å². The van der Waals surface area contributed by atoms with Gasteiger partial charge in [-0.2, -0.15) is 0 Å². The minimum absolute atomic E-state index is 0.249. The summed E-state index contributed by atoms with van der Waals surface area (Å²) in [4.78, 5) is 0. The van der Waals surface area contributed by atoms with Crippen LogP contribution in [0.4, 0.5) is 0 Å². The van der Waals surface area contributed by atoms with E-state index in [0.29, 0.717) is 5.92 Å². The van der Waals surface area contributed by atoms with E-state index in [2.05, 4.69) is 72.8 Å². The molecular weight excluding hydrogens is 316 g/mol. The van der Waals surface area contributed by atoms with E-state index in [1.807, 2.05) is 0 Å². The Bertz CT molecular complexity index is 1010. The van der Waals surface area contributed by atoms with E-state index in [1.165, 1.54) is 44.5 Å². The van der Waals surface area contributed by atoms with Gasteiger partial charge >= 0.3 is 0 Å². The first-order chi connectivity index (χ1) is 12.9. The lowest BCUT2D eigenvalue weighted by Gasteiger charge is -2.21. The van der Waals surface area contributed by atoms with Crippen molar-refractivity contribution in [3.05, 3.63) is 100 Å². The van der Waals surface area contributed by atoms with Gasteiger partial charge in [0.2, 0.25) is 0 Å². The second-order valence-electron chi connectivity index (χ2n) is 7.32. The Hall–Kier alpha value is -2.64. The molecule has 0 bridgehead atoms. The lowest BCUT2D eigenvalue weighted by Crippen LogP contribution is -2.05. The first kappa shape index (κ1) is 15.6. The molecule has 5 rings (SSSR count). The smallest absolute Gasteiger partial charge is 0.0434 e. The molecule has 0 saturated carbocycles. The van der Waals surface area contributed by atoms with Crippen molar-refractivity contribution < 1.29 is 5.11 Å². The molecule has 0 aliphatic heterocycles. The van der Waals surface area contributed by atoms with Gasteiger partial charge in [0.25, 0.3) is 0 Å². The molecule has 0 aromatic heterocycles. The summed E-state index contributed by atoms with van der Waals surface area (Å²) in [7, 11) is 0. The van der Waals surface area contributed by atoms with Gasteiger partial charge in [0.05, 0.1) is 0 Å². The zero-order valence-electron chi connectivity index (χ0n) is 14.8. The summed E-state index contributed by atoms with van der Waals surface area (Å²) >= 11 is 0. The zero-order chi connectivity index (χ0) is 17.5. The van der Waals surface area contributed by atoms with Crippen molar-refractivity contribution in [1.29, 1.82) is 0 Å². The van der Waals surface area contributed by atoms with Gasteiger partial charge in [-0.25, -0.2) is 0 Å². The Balaban J connectivity index is 1.65. The fourth-order valence-electron chi connectivity index (χ4n) is 4.71. The largest absolute Gasteiger partial charge is 0.396 e. The molecule has 0 fully saturated rings. The highest BCUT2D eigenvalue weighted by Gasteiger charge is 2.30. The van der Waals surface area contributed by atoms with E-state index in [9.17, 15) is 5.11 Å². The molecule has 1 heteroatoms. The highest BCUT2D eigenvalue weighted by Crippen LogP contribution is 2.48. The highest BCUT2D eigenvalue weighted by molar-refractivity contribution is 5.80. The van der Waals surface area contributed by atoms with Gasteiger partial charge in [0.1, 0.15) is 0 Å². The number of benzene rings is 3. The van der Waals surface area contributed by atoms with Crippen LogP contribution >= 0.6 is 0 Å². The molecule has 3 aromatic carbocycles. The van der Waals surface area contributed by atoms with Crippen LogP contribution < -0.4 is 0 Å². The second-order valence-corrected chi connectivity index (χ2v) is 7.32. The number of hydrogen-bond donors (Lipinski definition) is 1. The van der Waals surface area contributed by atoms with Crippen LogP contribution in [0.3, 0.4) is 0 Å². The van der Waals surface area contributed by atoms with E-state index in [4.69, 9.17) is 0 Å². The number of rotatable bonds is 4. The SMILES string of the molecule is OCCCC1=Cc2ccccc2C1c1cccc2c1Cc1ccccc1-2. The molecule has 0 amide bonds. The summed E-state index contributed by atoms with van der Waals surface area (Å²) in [5.74, 6) is 0.321. The third-order valence-corrected chi connectivity index (χ3v) is 5.84. The van der Waals surface area contributed by atoms with E-state index in [0.717, 1.165) is 19.3 Å². The minimum atomic E-state index is 0.249. The number of fused-ring (bicyclic) bond motifs is 4. The number of hydrogen-bond acceptors (Lipinski definition) is 1. The Morgan fingerprint density at radius 3 is 2.50 bits per heavy atom. The van der Waals surface area contributed by atoms with Gasteiger partial charge in [-0.1, -0.05) is 78.4 Å². The van der Waals surface area contributed by atoms with Gasteiger partial charge < -0.3 is 5.11 Å². The van der Waals surface area contributed by atoms with Crippen LogP contribution in [0.1, 0.15) is 46.6 Å². The Morgan fingerprint density at radius 1 is 0.808 bits per heavy atom. The molecule has 0 saturated heterocycles. The van der Waals surface area contributed by atoms with Crippen molar-refractivity contribution in [2.75, 3.05) is 6.61 Å². The topological polar surface area (TPSA) is 20.2 Å². The average molecular weight is 338 g/mol. The van der Waals surface area contributed by atoms with Crippen molar-refractivity contribution in [3.8, 4) is 11.1 Å². The van der Waals surface area contributed by atoms with E-state index in [1.54, 1.807) is 0 Å². The fourth-order valence-corrected chi connectivity index (χ4v) is 4.71. The summed E-state index contributed by atoms with van der Waals surface area (Å²) in [6.07, 6.45) is 5.14. The standard InChI is InChI=1S/C25H22O/c26-14-6-9-19-15-17-7-2-4-11-21(17)25(19)23-13-5-12-22-20-10-3-1-8-18(20)16-24(22)23/h1-5,7-8,10-13,15,25-26H,6,9,14,16H2. The molecule has 2 aliphatic rings. The maximum atomic E-state index is 9.35. The van der Waals surface area contributed by atoms with Crippen LogP contribution in [0.2, 0.25) is 0 Å². The molecule has 1 unspecified atom stereocenters. The summed E-state index contributed by atoms with van der Waals surface area (Å²) < 4.78 is 0. The molecule has 0 spiro atoms. The normalized spacial score (nSPS) is 16.8. The van der Waals surface area contributed by atoms with E-state index < -0.39 is 0 Å². The van der Waals surface area contributed by atoms with Gasteiger partial charge in [0, 0.05) is 12.5 Å². The first-order valence-corrected chi connectivity index (χ1v) is 9.47. The van der Waals surface area contributed by atoms with E-state index in [-0.39, 0.29) is 6.61 Å². The van der Waals surface area contributed by atoms with Crippen LogP contribution in [-0.2, 0) is 6.42 Å². The maximum Gasteiger partial charge on any atom is 0.0434 e. The van der Waals surface area contributed by atoms with Crippen LogP contribution in [0.15, 0.2) is 72.3 Å². The summed E-state index contributed by atoms with van der Waals surface area (Å²) in [5.41, 5.74) is 11.3. The number of allylic oxidation sites excluding steroid dienone is 1. The van der Waals surface area contributed by atoms with Crippen molar-refractivity contribution in [2.45, 2.75) is 25.2 Å². The molecule has 128 valence electrons. The molecule has 0 heterocycles. The Morgan fingerprint density at radius 2 is 1.58 bits per heavy atom. The Kier molecular flexibility index (Phi) is 3.76. The zero-order valence-corrected chi connectivity index (χ0v) is 14.8. The second kappa shape index (κ2) is 6.26. The number of aliphatic hydroxyl groups excluding tert-OH is 1. The summed E-state index contributed by atoms with van der Waals surface area (Å²) in [5, 5.41) is 9.35. The minimum Gasteiger partial charge on any atom is -0.396 e. The maximum absolute atomic E-state index is 9.35. The first-order valence-electron chi connectivity index (χ1n) is 9.47. The summed E-state index contributed by atoms with van der Waals surface area (Å²) in [6.45, 7) is 0.249. The van der Waals surface area contributed by atoms with Gasteiger partial charge in [-0.15, -0.1) is 0 Å². The third kappa shape index (κ3) is 2.35. The van der Waals surface area contributed by atoms with Crippen LogP contribution in [0.5, 0.6) is 0 Å². The highest BCUT2D eigenvalue weighted by atomic mass is 16.2. The van der Waals surface area contributed by atoms with Crippen LogP contribution in [0.25, 0.3) is 17.2 Å². The molecule has 26 heavy (non-hydrogen) atoms. The lowest BCUT2D eigenvalue weighted by molar-refractivity contribution is 0.288. The Labute approximate surface area is 154 Å². The molecule has 2 aliphatic carbocycles. The lowest BCUT2D eigenvalue weighted by atomic mass is 9.83. The molecule has 1 N–H and O–H groups in total. The van der Waals surface area contributed by atoms with Crippen molar-refractivity contribution in [1.82, 2.24) is 0 Å². The molecular formula is C25H22O. The molecule has 3 aromatic rings. The molecule has 1 nitrogen and oxygen atoms in total. The quantitative estimate of drug-likeness (QED) is 0.516. The third-order valence-electron chi connectivity index (χ3n) is 5.84. The van der Waals surface area contributed by atoms with Crippen LogP contribution in [0, 0.1) is 0 Å². The van der Waals surface area contributed by atoms with Gasteiger partial charge in [-0.05, 0) is 58.2 Å². The van der Waals surface area contributed by atoms with Crippen molar-refractivity contribution >= 4 is 6.08 Å². The average Bonchev–Trinajstić information content (AvgIpc) is 3.24. The van der Waals surface area contributed by atoms with Crippen molar-refractivity contribution in [2.24, 2.45) is 0 Å². The van der Waals surface area contributed by atoms with E-state index >= 15 is 0 Å². The summed E-state index contributed by atoms with van der Waals surface area (Å²) in [6, 6.07) is 24.3. The molecule has 0 radical (unpaired) electrons.